The Morgan fingerprint density at radius 1 is 1.25 bits per heavy atom. The van der Waals surface area contributed by atoms with E-state index in [1.54, 1.807) is 0 Å². The van der Waals surface area contributed by atoms with Gasteiger partial charge >= 0.3 is 0 Å². The molecule has 0 aromatic rings. The van der Waals surface area contributed by atoms with Crippen LogP contribution in [-0.2, 0) is 4.79 Å². The molecule has 0 amide bonds. The first kappa shape index (κ1) is 11.7. The van der Waals surface area contributed by atoms with Crippen LogP contribution in [0.25, 0.3) is 0 Å². The number of carbonyl (C=O) groups excluding carboxylic acids is 1. The Labute approximate surface area is 76.6 Å². The van der Waals surface area contributed by atoms with E-state index in [0.29, 0.717) is 11.7 Å². The van der Waals surface area contributed by atoms with Gasteiger partial charge in [0.05, 0.1) is 0 Å². The van der Waals surface area contributed by atoms with Crippen LogP contribution in [0.4, 0.5) is 0 Å². The zero-order valence-corrected chi connectivity index (χ0v) is 8.89. The van der Waals surface area contributed by atoms with Crippen molar-refractivity contribution >= 4 is 5.78 Å². The molecule has 0 heterocycles. The summed E-state index contributed by atoms with van der Waals surface area (Å²) >= 11 is 0. The van der Waals surface area contributed by atoms with Gasteiger partial charge in [-0.3, -0.25) is 4.79 Å². The normalized spacial score (nSPS) is 13.4. The van der Waals surface area contributed by atoms with Gasteiger partial charge in [-0.25, -0.2) is 0 Å². The third-order valence-electron chi connectivity index (χ3n) is 2.24. The molecular weight excluding hydrogens is 148 g/mol. The summed E-state index contributed by atoms with van der Waals surface area (Å²) in [6.07, 6.45) is 4.47. The fourth-order valence-corrected chi connectivity index (χ4v) is 1.23. The van der Waals surface area contributed by atoms with Gasteiger partial charge in [-0.2, -0.15) is 0 Å². The van der Waals surface area contributed by atoms with Crippen LogP contribution in [0.5, 0.6) is 0 Å². The smallest absolute Gasteiger partial charge is 0.135 e. The van der Waals surface area contributed by atoms with E-state index in [1.807, 2.05) is 13.8 Å². The van der Waals surface area contributed by atoms with Gasteiger partial charge in [0.25, 0.3) is 0 Å². The summed E-state index contributed by atoms with van der Waals surface area (Å²) in [6.45, 7) is 8.33. The van der Waals surface area contributed by atoms with Crippen LogP contribution in [0.15, 0.2) is 0 Å². The molecule has 1 heteroatoms. The molecule has 12 heavy (non-hydrogen) atoms. The highest BCUT2D eigenvalue weighted by atomic mass is 16.1. The average molecular weight is 170 g/mol. The summed E-state index contributed by atoms with van der Waals surface area (Å²) in [5.41, 5.74) is 0. The molecule has 0 aliphatic carbocycles. The molecule has 0 saturated heterocycles. The summed E-state index contributed by atoms with van der Waals surface area (Å²) in [4.78, 5) is 11.3. The van der Waals surface area contributed by atoms with E-state index in [2.05, 4.69) is 13.8 Å². The number of hydrogen-bond acceptors (Lipinski definition) is 1. The van der Waals surface area contributed by atoms with Gasteiger partial charge in [-0.05, 0) is 5.92 Å². The number of carbonyl (C=O) groups is 1. The van der Waals surface area contributed by atoms with Crippen molar-refractivity contribution in [3.63, 3.8) is 0 Å². The highest BCUT2D eigenvalue weighted by Gasteiger charge is 2.11. The van der Waals surface area contributed by atoms with E-state index in [4.69, 9.17) is 0 Å². The predicted octanol–water partition coefficient (Wildman–Crippen LogP) is 3.43. The van der Waals surface area contributed by atoms with Gasteiger partial charge in [0, 0.05) is 12.3 Å². The molecule has 0 aliphatic rings. The Morgan fingerprint density at radius 2 is 1.83 bits per heavy atom. The maximum absolute atomic E-state index is 11.3. The quantitative estimate of drug-likeness (QED) is 0.597. The topological polar surface area (TPSA) is 17.1 Å². The average Bonchev–Trinajstić information content (AvgIpc) is 2.00. The summed E-state index contributed by atoms with van der Waals surface area (Å²) < 4.78 is 0. The zero-order valence-electron chi connectivity index (χ0n) is 8.89. The molecule has 0 radical (unpaired) electrons. The van der Waals surface area contributed by atoms with Gasteiger partial charge in [0.1, 0.15) is 5.78 Å². The number of hydrogen-bond donors (Lipinski definition) is 0. The van der Waals surface area contributed by atoms with Crippen molar-refractivity contribution < 1.29 is 4.79 Å². The Morgan fingerprint density at radius 3 is 2.25 bits per heavy atom. The SMILES string of the molecule is CCCCC(C)CC(=O)C(C)C. The molecule has 72 valence electrons. The zero-order chi connectivity index (χ0) is 9.56. The van der Waals surface area contributed by atoms with Gasteiger partial charge < -0.3 is 0 Å². The predicted molar refractivity (Wildman–Crippen MR) is 53.2 cm³/mol. The second kappa shape index (κ2) is 6.22. The highest BCUT2D eigenvalue weighted by Crippen LogP contribution is 2.14. The number of Topliss-reactive ketones (excluding diaryl/α,β-unsaturated/α-hetero) is 1. The molecule has 1 atom stereocenters. The minimum absolute atomic E-state index is 0.217. The Balaban J connectivity index is 3.54. The monoisotopic (exact) mass is 170 g/mol. The van der Waals surface area contributed by atoms with Crippen molar-refractivity contribution in [1.29, 1.82) is 0 Å². The minimum atomic E-state index is 0.217. The van der Waals surface area contributed by atoms with Gasteiger partial charge in [-0.15, -0.1) is 0 Å². The second-order valence-corrected chi connectivity index (χ2v) is 4.07. The molecule has 0 aromatic heterocycles. The van der Waals surface area contributed by atoms with E-state index in [-0.39, 0.29) is 5.92 Å². The third kappa shape index (κ3) is 5.34. The van der Waals surface area contributed by atoms with Crippen LogP contribution in [0, 0.1) is 11.8 Å². The summed E-state index contributed by atoms with van der Waals surface area (Å²) in [7, 11) is 0. The lowest BCUT2D eigenvalue weighted by molar-refractivity contribution is -0.122. The van der Waals surface area contributed by atoms with Crippen LogP contribution >= 0.6 is 0 Å². The van der Waals surface area contributed by atoms with Crippen LogP contribution in [0.2, 0.25) is 0 Å². The van der Waals surface area contributed by atoms with E-state index >= 15 is 0 Å². The first-order valence-corrected chi connectivity index (χ1v) is 5.10. The Hall–Kier alpha value is -0.330. The third-order valence-corrected chi connectivity index (χ3v) is 2.24. The summed E-state index contributed by atoms with van der Waals surface area (Å²) in [6, 6.07) is 0. The lowest BCUT2D eigenvalue weighted by Gasteiger charge is -2.10. The largest absolute Gasteiger partial charge is 0.299 e. The van der Waals surface area contributed by atoms with Crippen molar-refractivity contribution in [3.8, 4) is 0 Å². The number of ketones is 1. The Bertz CT molecular complexity index is 127. The van der Waals surface area contributed by atoms with Crippen molar-refractivity contribution in [2.75, 3.05) is 0 Å². The molecule has 0 aliphatic heterocycles. The van der Waals surface area contributed by atoms with Crippen molar-refractivity contribution in [2.45, 2.75) is 53.4 Å². The van der Waals surface area contributed by atoms with E-state index in [0.717, 1.165) is 6.42 Å². The first-order valence-electron chi connectivity index (χ1n) is 5.10. The first-order chi connectivity index (χ1) is 5.57. The molecule has 1 unspecified atom stereocenters. The summed E-state index contributed by atoms with van der Waals surface area (Å²) in [5.74, 6) is 1.22. The molecule has 0 fully saturated rings. The maximum atomic E-state index is 11.3. The lowest BCUT2D eigenvalue weighted by Crippen LogP contribution is -2.11. The van der Waals surface area contributed by atoms with Gasteiger partial charge in [-0.1, -0.05) is 47.0 Å². The number of unbranched alkanes of at least 4 members (excludes halogenated alkanes) is 1. The highest BCUT2D eigenvalue weighted by molar-refractivity contribution is 5.80. The van der Waals surface area contributed by atoms with Gasteiger partial charge in [0.2, 0.25) is 0 Å². The summed E-state index contributed by atoms with van der Waals surface area (Å²) in [5, 5.41) is 0. The van der Waals surface area contributed by atoms with E-state index in [9.17, 15) is 4.79 Å². The van der Waals surface area contributed by atoms with Crippen molar-refractivity contribution in [1.82, 2.24) is 0 Å². The molecule has 0 N–H and O–H groups in total. The van der Waals surface area contributed by atoms with Gasteiger partial charge in [0.15, 0.2) is 0 Å². The molecular formula is C11H22O. The molecule has 0 saturated carbocycles. The van der Waals surface area contributed by atoms with Crippen molar-refractivity contribution in [2.24, 2.45) is 11.8 Å². The maximum Gasteiger partial charge on any atom is 0.135 e. The van der Waals surface area contributed by atoms with Crippen LogP contribution < -0.4 is 0 Å². The van der Waals surface area contributed by atoms with Crippen LogP contribution in [0.3, 0.4) is 0 Å². The Kier molecular flexibility index (Phi) is 6.04. The fraction of sp³-hybridized carbons (Fsp3) is 0.909. The number of rotatable bonds is 6. The standard InChI is InChI=1S/C11H22O/c1-5-6-7-10(4)8-11(12)9(2)3/h9-10H,5-8H2,1-4H3. The van der Waals surface area contributed by atoms with E-state index < -0.39 is 0 Å². The molecule has 1 nitrogen and oxygen atoms in total. The fourth-order valence-electron chi connectivity index (χ4n) is 1.23. The lowest BCUT2D eigenvalue weighted by atomic mass is 9.94. The van der Waals surface area contributed by atoms with E-state index in [1.165, 1.54) is 19.3 Å². The molecule has 0 spiro atoms. The molecule has 0 bridgehead atoms. The molecule has 0 rings (SSSR count). The van der Waals surface area contributed by atoms with Crippen LogP contribution in [0.1, 0.15) is 53.4 Å². The van der Waals surface area contributed by atoms with Crippen LogP contribution in [-0.4, -0.2) is 5.78 Å². The van der Waals surface area contributed by atoms with Crippen molar-refractivity contribution in [3.05, 3.63) is 0 Å². The second-order valence-electron chi connectivity index (χ2n) is 4.07. The molecule has 0 aromatic carbocycles. The minimum Gasteiger partial charge on any atom is -0.299 e.